The number of allylic oxidation sites excluding steroid dienone is 1. The van der Waals surface area contributed by atoms with Gasteiger partial charge in [-0.2, -0.15) is 0 Å². The molecule has 124 valence electrons. The first kappa shape index (κ1) is 16.3. The number of furan rings is 1. The summed E-state index contributed by atoms with van der Waals surface area (Å²) in [5.74, 6) is 1.71. The Labute approximate surface area is 141 Å². The zero-order chi connectivity index (χ0) is 16.9. The van der Waals surface area contributed by atoms with Gasteiger partial charge < -0.3 is 8.83 Å². The maximum Gasteiger partial charge on any atom is 0.343 e. The third kappa shape index (κ3) is 3.21. The first-order valence-corrected chi connectivity index (χ1v) is 8.44. The van der Waals surface area contributed by atoms with Crippen LogP contribution < -0.4 is 5.63 Å². The van der Waals surface area contributed by atoms with Crippen molar-refractivity contribution in [1.82, 2.24) is 0 Å². The Morgan fingerprint density at radius 1 is 1.17 bits per heavy atom. The molecule has 0 aliphatic rings. The van der Waals surface area contributed by atoms with Crippen molar-refractivity contribution < 1.29 is 8.83 Å². The normalized spacial score (nSPS) is 12.4. The van der Waals surface area contributed by atoms with Crippen LogP contribution in [0.5, 0.6) is 0 Å². The Balaban J connectivity index is 2.16. The summed E-state index contributed by atoms with van der Waals surface area (Å²) in [5, 5.41) is 1.58. The lowest BCUT2D eigenvalue weighted by molar-refractivity contribution is 0.445. The zero-order valence-electron chi connectivity index (χ0n) is 14.0. The van der Waals surface area contributed by atoms with Crippen molar-refractivity contribution in [3.05, 3.63) is 82.8 Å². The van der Waals surface area contributed by atoms with Gasteiger partial charge in [0.2, 0.25) is 0 Å². The molecule has 24 heavy (non-hydrogen) atoms. The standard InChI is InChI=1S/C21H22O3/c1-3-5-12-19-20(15(4-2)14-16-9-8-13-23-16)17-10-6-7-11-18(17)21(22)24-19/h4,6-11,13,15H,2-3,5,12,14H2,1H3. The number of rotatable bonds is 7. The molecule has 0 aliphatic carbocycles. The van der Waals surface area contributed by atoms with Crippen LogP contribution in [0.3, 0.4) is 0 Å². The van der Waals surface area contributed by atoms with E-state index in [0.717, 1.165) is 41.7 Å². The van der Waals surface area contributed by atoms with E-state index < -0.39 is 0 Å². The average Bonchev–Trinajstić information content (AvgIpc) is 3.12. The summed E-state index contributed by atoms with van der Waals surface area (Å²) in [6.07, 6.45) is 7.09. The molecule has 0 amide bonds. The summed E-state index contributed by atoms with van der Waals surface area (Å²) in [5.41, 5.74) is 0.798. The molecular formula is C21H22O3. The van der Waals surface area contributed by atoms with Crippen molar-refractivity contribution >= 4 is 10.8 Å². The predicted molar refractivity (Wildman–Crippen MR) is 96.4 cm³/mol. The summed E-state index contributed by atoms with van der Waals surface area (Å²) < 4.78 is 11.2. The fraction of sp³-hybridized carbons (Fsp3) is 0.286. The summed E-state index contributed by atoms with van der Waals surface area (Å²) >= 11 is 0. The molecule has 0 bridgehead atoms. The van der Waals surface area contributed by atoms with E-state index in [9.17, 15) is 4.79 Å². The molecule has 1 unspecified atom stereocenters. The van der Waals surface area contributed by atoms with Crippen LogP contribution in [0.2, 0.25) is 0 Å². The van der Waals surface area contributed by atoms with E-state index in [0.29, 0.717) is 11.8 Å². The van der Waals surface area contributed by atoms with Gasteiger partial charge in [0.15, 0.2) is 0 Å². The maximum absolute atomic E-state index is 12.3. The minimum Gasteiger partial charge on any atom is -0.469 e. The molecule has 0 N–H and O–H groups in total. The van der Waals surface area contributed by atoms with Crippen molar-refractivity contribution in [1.29, 1.82) is 0 Å². The molecule has 2 heterocycles. The van der Waals surface area contributed by atoms with Crippen LogP contribution in [-0.4, -0.2) is 0 Å². The molecule has 0 radical (unpaired) electrons. The van der Waals surface area contributed by atoms with Crippen molar-refractivity contribution in [2.75, 3.05) is 0 Å². The third-order valence-electron chi connectivity index (χ3n) is 4.37. The molecule has 3 aromatic rings. The molecule has 0 saturated carbocycles. The second kappa shape index (κ2) is 7.35. The number of unbranched alkanes of at least 4 members (excludes halogenated alkanes) is 1. The number of benzene rings is 1. The van der Waals surface area contributed by atoms with Gasteiger partial charge in [0.05, 0.1) is 11.6 Å². The molecule has 1 atom stereocenters. The minimum atomic E-state index is -0.263. The van der Waals surface area contributed by atoms with E-state index >= 15 is 0 Å². The van der Waals surface area contributed by atoms with E-state index in [2.05, 4.69) is 13.5 Å². The zero-order valence-corrected chi connectivity index (χ0v) is 14.0. The molecule has 3 rings (SSSR count). The number of aryl methyl sites for hydroxylation is 1. The van der Waals surface area contributed by atoms with Crippen molar-refractivity contribution in [3.8, 4) is 0 Å². The van der Waals surface area contributed by atoms with E-state index in [4.69, 9.17) is 8.83 Å². The molecule has 1 aromatic carbocycles. The van der Waals surface area contributed by atoms with Gasteiger partial charge in [-0.1, -0.05) is 37.6 Å². The Hall–Kier alpha value is -2.55. The molecule has 0 fully saturated rings. The monoisotopic (exact) mass is 322 g/mol. The van der Waals surface area contributed by atoms with Gasteiger partial charge >= 0.3 is 5.63 Å². The van der Waals surface area contributed by atoms with Gasteiger partial charge in [-0.25, -0.2) is 4.79 Å². The molecule has 2 aromatic heterocycles. The van der Waals surface area contributed by atoms with Gasteiger partial charge in [0, 0.05) is 24.3 Å². The van der Waals surface area contributed by atoms with E-state index in [1.807, 2.05) is 42.5 Å². The van der Waals surface area contributed by atoms with Crippen LogP contribution in [-0.2, 0) is 12.8 Å². The Morgan fingerprint density at radius 2 is 1.96 bits per heavy atom. The van der Waals surface area contributed by atoms with Gasteiger partial charge in [0.1, 0.15) is 11.5 Å². The van der Waals surface area contributed by atoms with Crippen molar-refractivity contribution in [2.45, 2.75) is 38.5 Å². The highest BCUT2D eigenvalue weighted by atomic mass is 16.4. The second-order valence-corrected chi connectivity index (χ2v) is 6.00. The van der Waals surface area contributed by atoms with Crippen LogP contribution in [0.25, 0.3) is 10.8 Å². The van der Waals surface area contributed by atoms with E-state index in [1.165, 1.54) is 0 Å². The van der Waals surface area contributed by atoms with Gasteiger partial charge in [-0.3, -0.25) is 0 Å². The largest absolute Gasteiger partial charge is 0.469 e. The predicted octanol–water partition coefficient (Wildman–Crippen LogP) is 5.24. The van der Waals surface area contributed by atoms with Crippen LogP contribution in [0, 0.1) is 0 Å². The fourth-order valence-corrected chi connectivity index (χ4v) is 3.15. The highest BCUT2D eigenvalue weighted by molar-refractivity contribution is 5.85. The van der Waals surface area contributed by atoms with Crippen LogP contribution >= 0.6 is 0 Å². The van der Waals surface area contributed by atoms with Crippen LogP contribution in [0.1, 0.15) is 42.8 Å². The molecule has 0 saturated heterocycles. The lowest BCUT2D eigenvalue weighted by atomic mass is 9.89. The molecule has 3 nitrogen and oxygen atoms in total. The number of hydrogen-bond donors (Lipinski definition) is 0. The lowest BCUT2D eigenvalue weighted by Crippen LogP contribution is -2.11. The average molecular weight is 322 g/mol. The summed E-state index contributed by atoms with van der Waals surface area (Å²) in [7, 11) is 0. The van der Waals surface area contributed by atoms with Crippen LogP contribution in [0.15, 0.2) is 68.9 Å². The Bertz CT molecular complexity index is 872. The van der Waals surface area contributed by atoms with E-state index in [-0.39, 0.29) is 11.5 Å². The minimum absolute atomic E-state index is 0.0391. The Morgan fingerprint density at radius 3 is 2.62 bits per heavy atom. The second-order valence-electron chi connectivity index (χ2n) is 6.00. The van der Waals surface area contributed by atoms with Crippen molar-refractivity contribution in [3.63, 3.8) is 0 Å². The lowest BCUT2D eigenvalue weighted by Gasteiger charge is -2.17. The van der Waals surface area contributed by atoms with Crippen LogP contribution in [0.4, 0.5) is 0 Å². The van der Waals surface area contributed by atoms with E-state index in [1.54, 1.807) is 6.26 Å². The summed E-state index contributed by atoms with van der Waals surface area (Å²) in [6.45, 7) is 6.14. The van der Waals surface area contributed by atoms with Gasteiger partial charge in [-0.15, -0.1) is 6.58 Å². The van der Waals surface area contributed by atoms with Crippen molar-refractivity contribution in [2.24, 2.45) is 0 Å². The first-order chi connectivity index (χ1) is 11.7. The third-order valence-corrected chi connectivity index (χ3v) is 4.37. The highest BCUT2D eigenvalue weighted by Crippen LogP contribution is 2.32. The van der Waals surface area contributed by atoms with Gasteiger partial charge in [-0.05, 0) is 30.0 Å². The van der Waals surface area contributed by atoms with Gasteiger partial charge in [0.25, 0.3) is 0 Å². The number of hydrogen-bond acceptors (Lipinski definition) is 3. The molecule has 3 heteroatoms. The molecular weight excluding hydrogens is 300 g/mol. The smallest absolute Gasteiger partial charge is 0.343 e. The first-order valence-electron chi connectivity index (χ1n) is 8.44. The summed E-state index contributed by atoms with van der Waals surface area (Å²) in [4.78, 5) is 12.3. The number of fused-ring (bicyclic) bond motifs is 1. The molecule has 0 aliphatic heterocycles. The topological polar surface area (TPSA) is 43.4 Å². The fourth-order valence-electron chi connectivity index (χ4n) is 3.15. The summed E-state index contributed by atoms with van der Waals surface area (Å²) in [6, 6.07) is 11.5. The maximum atomic E-state index is 12.3. The SMILES string of the molecule is C=CC(Cc1ccco1)c1c(CCCC)oc(=O)c2ccccc12. The quantitative estimate of drug-likeness (QED) is 0.559. The molecule has 0 spiro atoms. The highest BCUT2D eigenvalue weighted by Gasteiger charge is 2.21. The Kier molecular flexibility index (Phi) is 4.99.